The number of hydrogen-bond acceptors (Lipinski definition) is 1. The molecule has 0 amide bonds. The molecule has 100 valence electrons. The van der Waals surface area contributed by atoms with Crippen molar-refractivity contribution in [1.29, 1.82) is 0 Å². The summed E-state index contributed by atoms with van der Waals surface area (Å²) in [5, 5.41) is 0. The van der Waals surface area contributed by atoms with Gasteiger partial charge in [-0.15, -0.1) is 0 Å². The molecule has 0 fully saturated rings. The van der Waals surface area contributed by atoms with Crippen LogP contribution in [0.5, 0.6) is 0 Å². The highest BCUT2D eigenvalue weighted by Crippen LogP contribution is 2.29. The van der Waals surface area contributed by atoms with Gasteiger partial charge < -0.3 is 5.73 Å². The molecule has 0 saturated heterocycles. The standard InChI is InChI=1S/C15H14BrF2N/c1-8-6-7-11(14(18)13(8)17)15(19)10-4-3-5-12(16)9(10)2/h3-7,15H,19H2,1-2H3. The van der Waals surface area contributed by atoms with E-state index in [9.17, 15) is 8.78 Å². The lowest BCUT2D eigenvalue weighted by Crippen LogP contribution is -2.16. The highest BCUT2D eigenvalue weighted by Gasteiger charge is 2.19. The molecule has 2 N–H and O–H groups in total. The van der Waals surface area contributed by atoms with Gasteiger partial charge in [0.25, 0.3) is 0 Å². The van der Waals surface area contributed by atoms with Crippen LogP contribution >= 0.6 is 15.9 Å². The smallest absolute Gasteiger partial charge is 0.164 e. The van der Waals surface area contributed by atoms with E-state index in [2.05, 4.69) is 15.9 Å². The SMILES string of the molecule is Cc1ccc(C(N)c2cccc(Br)c2C)c(F)c1F. The van der Waals surface area contributed by atoms with Gasteiger partial charge in [-0.25, -0.2) is 8.78 Å². The summed E-state index contributed by atoms with van der Waals surface area (Å²) in [6.07, 6.45) is 0. The number of rotatable bonds is 2. The van der Waals surface area contributed by atoms with Gasteiger partial charge in [-0.1, -0.05) is 40.2 Å². The molecular formula is C15H14BrF2N. The van der Waals surface area contributed by atoms with Crippen LogP contribution in [0.3, 0.4) is 0 Å². The van der Waals surface area contributed by atoms with Gasteiger partial charge in [-0.05, 0) is 36.6 Å². The zero-order valence-electron chi connectivity index (χ0n) is 10.7. The summed E-state index contributed by atoms with van der Waals surface area (Å²) in [6, 6.07) is 7.93. The molecule has 0 bridgehead atoms. The summed E-state index contributed by atoms with van der Waals surface area (Å²) in [5.41, 5.74) is 8.23. The Morgan fingerprint density at radius 3 is 2.37 bits per heavy atom. The van der Waals surface area contributed by atoms with E-state index in [-0.39, 0.29) is 11.1 Å². The molecule has 0 heterocycles. The Kier molecular flexibility index (Phi) is 4.02. The first-order valence-corrected chi connectivity index (χ1v) is 6.68. The highest BCUT2D eigenvalue weighted by atomic mass is 79.9. The van der Waals surface area contributed by atoms with E-state index in [0.29, 0.717) is 0 Å². The monoisotopic (exact) mass is 325 g/mol. The first-order chi connectivity index (χ1) is 8.93. The van der Waals surface area contributed by atoms with E-state index in [4.69, 9.17) is 5.73 Å². The van der Waals surface area contributed by atoms with E-state index in [0.717, 1.165) is 15.6 Å². The van der Waals surface area contributed by atoms with Gasteiger partial charge in [0.15, 0.2) is 11.6 Å². The molecule has 19 heavy (non-hydrogen) atoms. The van der Waals surface area contributed by atoms with Gasteiger partial charge >= 0.3 is 0 Å². The lowest BCUT2D eigenvalue weighted by molar-refractivity contribution is 0.489. The Labute approximate surface area is 119 Å². The third-order valence-corrected chi connectivity index (χ3v) is 4.14. The fraction of sp³-hybridized carbons (Fsp3) is 0.200. The van der Waals surface area contributed by atoms with Crippen molar-refractivity contribution in [2.45, 2.75) is 19.9 Å². The lowest BCUT2D eigenvalue weighted by Gasteiger charge is -2.17. The Morgan fingerprint density at radius 2 is 1.68 bits per heavy atom. The highest BCUT2D eigenvalue weighted by molar-refractivity contribution is 9.10. The molecule has 0 aliphatic heterocycles. The minimum atomic E-state index is -0.869. The summed E-state index contributed by atoms with van der Waals surface area (Å²) < 4.78 is 28.5. The molecule has 1 nitrogen and oxygen atoms in total. The van der Waals surface area contributed by atoms with Crippen LogP contribution in [0.15, 0.2) is 34.8 Å². The Bertz CT molecular complexity index is 626. The number of aryl methyl sites for hydroxylation is 1. The average Bonchev–Trinajstić information content (AvgIpc) is 2.39. The van der Waals surface area contributed by atoms with Crippen LogP contribution < -0.4 is 5.73 Å². The molecule has 0 aromatic heterocycles. The molecule has 4 heteroatoms. The van der Waals surface area contributed by atoms with Crippen molar-refractivity contribution in [1.82, 2.24) is 0 Å². The molecule has 0 aliphatic rings. The van der Waals surface area contributed by atoms with E-state index in [1.165, 1.54) is 6.92 Å². The number of benzene rings is 2. The van der Waals surface area contributed by atoms with Crippen molar-refractivity contribution in [3.05, 3.63) is 68.7 Å². The molecule has 0 spiro atoms. The topological polar surface area (TPSA) is 26.0 Å². The second kappa shape index (κ2) is 5.39. The quantitative estimate of drug-likeness (QED) is 0.870. The van der Waals surface area contributed by atoms with Crippen molar-refractivity contribution >= 4 is 15.9 Å². The predicted octanol–water partition coefficient (Wildman–Crippen LogP) is 4.39. The summed E-state index contributed by atoms with van der Waals surface area (Å²) >= 11 is 3.41. The van der Waals surface area contributed by atoms with Crippen LogP contribution in [0.2, 0.25) is 0 Å². The third kappa shape index (κ3) is 2.55. The number of nitrogens with two attached hydrogens (primary N) is 1. The number of halogens is 3. The van der Waals surface area contributed by atoms with Crippen LogP contribution in [0.1, 0.15) is 28.3 Å². The maximum Gasteiger partial charge on any atom is 0.164 e. The van der Waals surface area contributed by atoms with E-state index in [1.807, 2.05) is 25.1 Å². The second-order valence-electron chi connectivity index (χ2n) is 4.53. The maximum atomic E-state index is 14.0. The Morgan fingerprint density at radius 1 is 1.00 bits per heavy atom. The van der Waals surface area contributed by atoms with Crippen molar-refractivity contribution in [3.63, 3.8) is 0 Å². The summed E-state index contributed by atoms with van der Waals surface area (Å²) in [5.74, 6) is -1.70. The molecule has 1 atom stereocenters. The van der Waals surface area contributed by atoms with Crippen LogP contribution in [-0.2, 0) is 0 Å². The summed E-state index contributed by atoms with van der Waals surface area (Å²) in [6.45, 7) is 3.42. The number of hydrogen-bond donors (Lipinski definition) is 1. The second-order valence-corrected chi connectivity index (χ2v) is 5.39. The van der Waals surface area contributed by atoms with Crippen LogP contribution in [-0.4, -0.2) is 0 Å². The minimum absolute atomic E-state index is 0.171. The van der Waals surface area contributed by atoms with E-state index < -0.39 is 17.7 Å². The third-order valence-electron chi connectivity index (χ3n) is 3.28. The normalized spacial score (nSPS) is 12.5. The van der Waals surface area contributed by atoms with E-state index in [1.54, 1.807) is 12.1 Å². The van der Waals surface area contributed by atoms with Crippen LogP contribution in [0, 0.1) is 25.5 Å². The van der Waals surface area contributed by atoms with Crippen molar-refractivity contribution in [2.75, 3.05) is 0 Å². The molecule has 0 saturated carbocycles. The largest absolute Gasteiger partial charge is 0.320 e. The van der Waals surface area contributed by atoms with Crippen LogP contribution in [0.25, 0.3) is 0 Å². The van der Waals surface area contributed by atoms with Crippen molar-refractivity contribution in [2.24, 2.45) is 5.73 Å². The molecule has 2 aromatic carbocycles. The fourth-order valence-corrected chi connectivity index (χ4v) is 2.41. The van der Waals surface area contributed by atoms with E-state index >= 15 is 0 Å². The molecule has 2 rings (SSSR count). The minimum Gasteiger partial charge on any atom is -0.320 e. The van der Waals surface area contributed by atoms with Gasteiger partial charge in [-0.3, -0.25) is 0 Å². The van der Waals surface area contributed by atoms with Gasteiger partial charge in [0.2, 0.25) is 0 Å². The predicted molar refractivity (Wildman–Crippen MR) is 76.0 cm³/mol. The lowest BCUT2D eigenvalue weighted by atomic mass is 9.94. The Hall–Kier alpha value is -1.26. The molecule has 0 radical (unpaired) electrons. The molecule has 0 aliphatic carbocycles. The summed E-state index contributed by atoms with van der Waals surface area (Å²) in [4.78, 5) is 0. The summed E-state index contributed by atoms with van der Waals surface area (Å²) in [7, 11) is 0. The van der Waals surface area contributed by atoms with Crippen LogP contribution in [0.4, 0.5) is 8.78 Å². The first kappa shape index (κ1) is 14.2. The Balaban J connectivity index is 2.53. The van der Waals surface area contributed by atoms with Crippen molar-refractivity contribution < 1.29 is 8.78 Å². The molecular weight excluding hydrogens is 312 g/mol. The van der Waals surface area contributed by atoms with Gasteiger partial charge in [-0.2, -0.15) is 0 Å². The fourth-order valence-electron chi connectivity index (χ4n) is 2.03. The van der Waals surface area contributed by atoms with Gasteiger partial charge in [0, 0.05) is 10.0 Å². The molecule has 1 unspecified atom stereocenters. The van der Waals surface area contributed by atoms with Crippen molar-refractivity contribution in [3.8, 4) is 0 Å². The molecule has 2 aromatic rings. The maximum absolute atomic E-state index is 14.0. The zero-order valence-corrected chi connectivity index (χ0v) is 12.3. The zero-order chi connectivity index (χ0) is 14.2. The van der Waals surface area contributed by atoms with Gasteiger partial charge in [0.05, 0.1) is 6.04 Å². The van der Waals surface area contributed by atoms with Gasteiger partial charge in [0.1, 0.15) is 0 Å². The first-order valence-electron chi connectivity index (χ1n) is 5.88. The average molecular weight is 326 g/mol.